The van der Waals surface area contributed by atoms with Gasteiger partial charge in [-0.25, -0.2) is 0 Å². The van der Waals surface area contributed by atoms with Crippen molar-refractivity contribution in [1.29, 1.82) is 0 Å². The van der Waals surface area contributed by atoms with Crippen LogP contribution in [0.3, 0.4) is 0 Å². The number of hydrogen-bond donors (Lipinski definition) is 1. The van der Waals surface area contributed by atoms with E-state index in [0.717, 1.165) is 23.6 Å². The zero-order chi connectivity index (χ0) is 22.3. The number of carbonyl (C=O) groups is 1. The maximum atomic E-state index is 12.6. The second kappa shape index (κ2) is 10.8. The number of aromatic nitrogens is 4. The number of para-hydroxylation sites is 1. The van der Waals surface area contributed by atoms with Crippen LogP contribution in [-0.2, 0) is 4.79 Å². The smallest absolute Gasteiger partial charge is 0.230 e. The van der Waals surface area contributed by atoms with Crippen molar-refractivity contribution in [1.82, 2.24) is 25.1 Å². The third kappa shape index (κ3) is 5.38. The first-order valence-electron chi connectivity index (χ1n) is 11.5. The molecule has 1 aromatic carbocycles. The first-order chi connectivity index (χ1) is 15.6. The van der Waals surface area contributed by atoms with Gasteiger partial charge in [-0.3, -0.25) is 14.3 Å². The molecule has 1 fully saturated rings. The van der Waals surface area contributed by atoms with Gasteiger partial charge in [-0.2, -0.15) is 0 Å². The molecule has 7 heteroatoms. The summed E-state index contributed by atoms with van der Waals surface area (Å²) in [7, 11) is 0. The zero-order valence-electron chi connectivity index (χ0n) is 18.8. The average molecular weight is 450 g/mol. The Balaban J connectivity index is 1.56. The predicted octanol–water partition coefficient (Wildman–Crippen LogP) is 5.24. The van der Waals surface area contributed by atoms with Crippen LogP contribution in [0.25, 0.3) is 17.1 Å². The summed E-state index contributed by atoms with van der Waals surface area (Å²) >= 11 is 1.43. The SMILES string of the molecule is CC(C)c1ccccc1-n1c(SCC(=O)NCC2CCCCC2)nnc1-c1cccnc1. The highest BCUT2D eigenvalue weighted by molar-refractivity contribution is 7.99. The largest absolute Gasteiger partial charge is 0.355 e. The van der Waals surface area contributed by atoms with Crippen molar-refractivity contribution in [3.63, 3.8) is 0 Å². The molecular weight excluding hydrogens is 418 g/mol. The van der Waals surface area contributed by atoms with E-state index in [0.29, 0.717) is 22.7 Å². The van der Waals surface area contributed by atoms with Crippen molar-refractivity contribution in [2.45, 2.75) is 57.0 Å². The third-order valence-electron chi connectivity index (χ3n) is 6.00. The summed E-state index contributed by atoms with van der Waals surface area (Å²) in [6.07, 6.45) is 9.88. The van der Waals surface area contributed by atoms with Gasteiger partial charge < -0.3 is 5.32 Å². The van der Waals surface area contributed by atoms with Gasteiger partial charge in [0, 0.05) is 24.5 Å². The number of nitrogens with zero attached hydrogens (tertiary/aromatic N) is 4. The van der Waals surface area contributed by atoms with Crippen LogP contribution in [0.15, 0.2) is 53.9 Å². The summed E-state index contributed by atoms with van der Waals surface area (Å²) < 4.78 is 2.06. The third-order valence-corrected chi connectivity index (χ3v) is 6.93. The van der Waals surface area contributed by atoms with Gasteiger partial charge in [0.2, 0.25) is 5.91 Å². The summed E-state index contributed by atoms with van der Waals surface area (Å²) in [5, 5.41) is 12.8. The Kier molecular flexibility index (Phi) is 7.58. The number of pyridine rings is 1. The number of hydrogen-bond acceptors (Lipinski definition) is 5. The van der Waals surface area contributed by atoms with Crippen molar-refractivity contribution >= 4 is 17.7 Å². The van der Waals surface area contributed by atoms with Crippen LogP contribution < -0.4 is 5.32 Å². The molecule has 4 rings (SSSR count). The van der Waals surface area contributed by atoms with Crippen molar-refractivity contribution in [3.8, 4) is 17.1 Å². The second-order valence-electron chi connectivity index (χ2n) is 8.69. The first kappa shape index (κ1) is 22.5. The minimum Gasteiger partial charge on any atom is -0.355 e. The minimum absolute atomic E-state index is 0.0511. The Morgan fingerprint density at radius 1 is 1.12 bits per heavy atom. The van der Waals surface area contributed by atoms with Crippen LogP contribution >= 0.6 is 11.8 Å². The number of nitrogens with one attached hydrogen (secondary N) is 1. The zero-order valence-corrected chi connectivity index (χ0v) is 19.6. The number of amides is 1. The summed E-state index contributed by atoms with van der Waals surface area (Å²) in [6.45, 7) is 5.14. The molecule has 1 aliphatic rings. The summed E-state index contributed by atoms with van der Waals surface area (Å²) in [6, 6.07) is 12.2. The summed E-state index contributed by atoms with van der Waals surface area (Å²) in [5.41, 5.74) is 3.14. The van der Waals surface area contributed by atoms with E-state index in [9.17, 15) is 4.79 Å². The van der Waals surface area contributed by atoms with Crippen LogP contribution in [-0.4, -0.2) is 38.0 Å². The van der Waals surface area contributed by atoms with E-state index in [1.165, 1.54) is 49.4 Å². The Morgan fingerprint density at radius 3 is 2.69 bits per heavy atom. The molecule has 0 saturated heterocycles. The van der Waals surface area contributed by atoms with Crippen molar-refractivity contribution < 1.29 is 4.79 Å². The van der Waals surface area contributed by atoms with E-state index in [4.69, 9.17) is 0 Å². The average Bonchev–Trinajstić information content (AvgIpc) is 3.26. The first-order valence-corrected chi connectivity index (χ1v) is 12.5. The molecular formula is C25H31N5OS. The van der Waals surface area contributed by atoms with Crippen molar-refractivity contribution in [3.05, 3.63) is 54.4 Å². The monoisotopic (exact) mass is 449 g/mol. The molecule has 168 valence electrons. The molecule has 2 aromatic heterocycles. The lowest BCUT2D eigenvalue weighted by Gasteiger charge is -2.21. The molecule has 0 aliphatic heterocycles. The van der Waals surface area contributed by atoms with E-state index in [1.54, 1.807) is 12.4 Å². The van der Waals surface area contributed by atoms with E-state index in [2.05, 4.69) is 57.1 Å². The van der Waals surface area contributed by atoms with Crippen LogP contribution in [0, 0.1) is 5.92 Å². The molecule has 3 aromatic rings. The molecule has 0 radical (unpaired) electrons. The number of carbonyl (C=O) groups excluding carboxylic acids is 1. The maximum absolute atomic E-state index is 12.6. The second-order valence-corrected chi connectivity index (χ2v) is 9.64. The molecule has 1 amide bonds. The van der Waals surface area contributed by atoms with Crippen molar-refractivity contribution in [2.75, 3.05) is 12.3 Å². The lowest BCUT2D eigenvalue weighted by Crippen LogP contribution is -2.31. The normalized spacial score (nSPS) is 14.6. The molecule has 0 spiro atoms. The Hall–Kier alpha value is -2.67. The highest BCUT2D eigenvalue weighted by atomic mass is 32.2. The predicted molar refractivity (Wildman–Crippen MR) is 129 cm³/mol. The van der Waals surface area contributed by atoms with Gasteiger partial charge in [0.1, 0.15) is 0 Å². The van der Waals surface area contributed by atoms with Gasteiger partial charge >= 0.3 is 0 Å². The fourth-order valence-corrected chi connectivity index (χ4v) is 5.05. The molecule has 2 heterocycles. The van der Waals surface area contributed by atoms with Gasteiger partial charge in [0.25, 0.3) is 0 Å². The summed E-state index contributed by atoms with van der Waals surface area (Å²) in [4.78, 5) is 16.8. The van der Waals surface area contributed by atoms with E-state index >= 15 is 0 Å². The lowest BCUT2D eigenvalue weighted by molar-refractivity contribution is -0.118. The van der Waals surface area contributed by atoms with E-state index in [-0.39, 0.29) is 5.91 Å². The molecule has 1 N–H and O–H groups in total. The summed E-state index contributed by atoms with van der Waals surface area (Å²) in [5.74, 6) is 2.07. The topological polar surface area (TPSA) is 72.7 Å². The van der Waals surface area contributed by atoms with E-state index < -0.39 is 0 Å². The van der Waals surface area contributed by atoms with Crippen LogP contribution in [0.4, 0.5) is 0 Å². The van der Waals surface area contributed by atoms with Gasteiger partial charge in [-0.15, -0.1) is 10.2 Å². The molecule has 6 nitrogen and oxygen atoms in total. The Bertz CT molecular complexity index is 1030. The van der Waals surface area contributed by atoms with Gasteiger partial charge in [-0.1, -0.05) is 63.1 Å². The van der Waals surface area contributed by atoms with Crippen LogP contribution in [0.2, 0.25) is 0 Å². The van der Waals surface area contributed by atoms with Gasteiger partial charge in [0.15, 0.2) is 11.0 Å². The van der Waals surface area contributed by atoms with Gasteiger partial charge in [-0.05, 0) is 48.4 Å². The molecule has 0 atom stereocenters. The quantitative estimate of drug-likeness (QED) is 0.476. The van der Waals surface area contributed by atoms with Crippen LogP contribution in [0.5, 0.6) is 0 Å². The molecule has 1 saturated carbocycles. The minimum atomic E-state index is 0.0511. The molecule has 0 unspecified atom stereocenters. The highest BCUT2D eigenvalue weighted by Crippen LogP contribution is 2.32. The Labute approximate surface area is 194 Å². The fourth-order valence-electron chi connectivity index (χ4n) is 4.27. The van der Waals surface area contributed by atoms with E-state index in [1.807, 2.05) is 18.2 Å². The highest BCUT2D eigenvalue weighted by Gasteiger charge is 2.21. The number of thioether (sulfide) groups is 1. The number of rotatable bonds is 8. The molecule has 32 heavy (non-hydrogen) atoms. The lowest BCUT2D eigenvalue weighted by atomic mass is 9.89. The van der Waals surface area contributed by atoms with Gasteiger partial charge in [0.05, 0.1) is 11.4 Å². The molecule has 0 bridgehead atoms. The Morgan fingerprint density at radius 2 is 1.94 bits per heavy atom. The van der Waals surface area contributed by atoms with Crippen LogP contribution in [0.1, 0.15) is 57.4 Å². The fraction of sp³-hybridized carbons (Fsp3) is 0.440. The number of benzene rings is 1. The van der Waals surface area contributed by atoms with Crippen molar-refractivity contribution in [2.24, 2.45) is 5.92 Å². The maximum Gasteiger partial charge on any atom is 0.230 e. The standard InChI is InChI=1S/C25H31N5OS/c1-18(2)21-12-6-7-13-22(21)30-24(20-11-8-14-26-16-20)28-29-25(30)32-17-23(31)27-15-19-9-4-3-5-10-19/h6-8,11-14,16,18-19H,3-5,9-10,15,17H2,1-2H3,(H,27,31). The molecule has 1 aliphatic carbocycles.